The highest BCUT2D eigenvalue weighted by molar-refractivity contribution is 5.94. The molecule has 1 aromatic rings. The molecule has 6 nitrogen and oxygen atoms in total. The highest BCUT2D eigenvalue weighted by Gasteiger charge is 2.08. The second-order valence-corrected chi connectivity index (χ2v) is 3.47. The van der Waals surface area contributed by atoms with Gasteiger partial charge in [0, 0.05) is 18.2 Å². The molecule has 0 radical (unpaired) electrons. The van der Waals surface area contributed by atoms with Crippen LogP contribution >= 0.6 is 0 Å². The Bertz CT molecular complexity index is 500. The van der Waals surface area contributed by atoms with Gasteiger partial charge in [-0.05, 0) is 12.1 Å². The van der Waals surface area contributed by atoms with Crippen LogP contribution in [0.3, 0.4) is 0 Å². The third kappa shape index (κ3) is 5.19. The Kier molecular flexibility index (Phi) is 6.06. The molecule has 0 atom stereocenters. The highest BCUT2D eigenvalue weighted by atomic mass is 16.5. The summed E-state index contributed by atoms with van der Waals surface area (Å²) < 4.78 is 4.40. The lowest BCUT2D eigenvalue weighted by atomic mass is 10.2. The fourth-order valence-electron chi connectivity index (χ4n) is 1.14. The number of aliphatic hydroxyl groups excluding tert-OH is 1. The van der Waals surface area contributed by atoms with Crippen molar-refractivity contribution in [3.63, 3.8) is 0 Å². The van der Waals surface area contributed by atoms with Crippen molar-refractivity contribution >= 4 is 11.9 Å². The van der Waals surface area contributed by atoms with Gasteiger partial charge in [0.25, 0.3) is 5.91 Å². The van der Waals surface area contributed by atoms with Gasteiger partial charge in [0.1, 0.15) is 12.2 Å². The van der Waals surface area contributed by atoms with Crippen LogP contribution in [0.15, 0.2) is 18.3 Å². The zero-order chi connectivity index (χ0) is 14.1. The first-order chi connectivity index (χ1) is 9.17. The smallest absolute Gasteiger partial charge is 0.325 e. The molecule has 1 aromatic heterocycles. The van der Waals surface area contributed by atoms with Crippen LogP contribution in [0.1, 0.15) is 22.5 Å². The molecule has 1 amide bonds. The van der Waals surface area contributed by atoms with E-state index in [4.69, 9.17) is 5.11 Å². The standard InChI is InChI=1S/C13H14N2O4/c1-19-12(17)9-15-13(18)11-6-5-10(8-14-11)4-2-3-7-16/h5-6,8,16H,3,7,9H2,1H3,(H,15,18). The number of hydrogen-bond donors (Lipinski definition) is 2. The summed E-state index contributed by atoms with van der Waals surface area (Å²) >= 11 is 0. The van der Waals surface area contributed by atoms with E-state index in [1.165, 1.54) is 19.4 Å². The van der Waals surface area contributed by atoms with Gasteiger partial charge in [0.15, 0.2) is 0 Å². The average Bonchev–Trinajstić information content (AvgIpc) is 2.45. The van der Waals surface area contributed by atoms with E-state index in [0.29, 0.717) is 12.0 Å². The third-order valence-electron chi connectivity index (χ3n) is 2.09. The van der Waals surface area contributed by atoms with Crippen LogP contribution in [0, 0.1) is 11.8 Å². The van der Waals surface area contributed by atoms with Crippen molar-refractivity contribution in [2.45, 2.75) is 6.42 Å². The molecule has 0 saturated heterocycles. The lowest BCUT2D eigenvalue weighted by molar-refractivity contribution is -0.139. The molecular weight excluding hydrogens is 248 g/mol. The van der Waals surface area contributed by atoms with Gasteiger partial charge in [-0.1, -0.05) is 11.8 Å². The predicted molar refractivity (Wildman–Crippen MR) is 67.2 cm³/mol. The SMILES string of the molecule is COC(=O)CNC(=O)c1ccc(C#CCCO)cn1. The number of aliphatic hydroxyl groups is 1. The molecule has 1 heterocycles. The number of methoxy groups -OCH3 is 1. The van der Waals surface area contributed by atoms with E-state index in [-0.39, 0.29) is 18.8 Å². The van der Waals surface area contributed by atoms with Gasteiger partial charge in [0.05, 0.1) is 13.7 Å². The molecule has 0 aromatic carbocycles. The zero-order valence-electron chi connectivity index (χ0n) is 10.5. The van der Waals surface area contributed by atoms with Crippen LogP contribution in [0.2, 0.25) is 0 Å². The van der Waals surface area contributed by atoms with E-state index in [1.54, 1.807) is 6.07 Å². The van der Waals surface area contributed by atoms with Crippen LogP contribution in [0.4, 0.5) is 0 Å². The van der Waals surface area contributed by atoms with Crippen LogP contribution in [0.25, 0.3) is 0 Å². The van der Waals surface area contributed by atoms with Crippen molar-refractivity contribution in [3.8, 4) is 11.8 Å². The number of pyridine rings is 1. The quantitative estimate of drug-likeness (QED) is 0.575. The second-order valence-electron chi connectivity index (χ2n) is 3.47. The van der Waals surface area contributed by atoms with Crippen molar-refractivity contribution in [1.29, 1.82) is 0 Å². The molecule has 0 aliphatic rings. The normalized spacial score (nSPS) is 9.16. The van der Waals surface area contributed by atoms with E-state index in [0.717, 1.165) is 0 Å². The summed E-state index contributed by atoms with van der Waals surface area (Å²) in [6, 6.07) is 3.15. The van der Waals surface area contributed by atoms with Gasteiger partial charge in [-0.3, -0.25) is 9.59 Å². The largest absolute Gasteiger partial charge is 0.468 e. The number of amides is 1. The van der Waals surface area contributed by atoms with E-state index in [2.05, 4.69) is 26.9 Å². The monoisotopic (exact) mass is 262 g/mol. The lowest BCUT2D eigenvalue weighted by Gasteiger charge is -2.02. The first-order valence-electron chi connectivity index (χ1n) is 5.58. The molecule has 100 valence electrons. The molecule has 0 unspecified atom stereocenters. The summed E-state index contributed by atoms with van der Waals surface area (Å²) in [5.74, 6) is 4.55. The third-order valence-corrected chi connectivity index (χ3v) is 2.09. The Labute approximate surface area is 110 Å². The maximum atomic E-state index is 11.6. The maximum Gasteiger partial charge on any atom is 0.325 e. The van der Waals surface area contributed by atoms with Gasteiger partial charge >= 0.3 is 5.97 Å². The molecular formula is C13H14N2O4. The molecule has 0 saturated carbocycles. The van der Waals surface area contributed by atoms with E-state index in [1.807, 2.05) is 0 Å². The summed E-state index contributed by atoms with van der Waals surface area (Å²) in [6.45, 7) is -0.191. The second kappa shape index (κ2) is 7.84. The number of hydrogen-bond acceptors (Lipinski definition) is 5. The van der Waals surface area contributed by atoms with Crippen LogP contribution in [-0.2, 0) is 9.53 Å². The number of ether oxygens (including phenoxy) is 1. The molecule has 0 aliphatic carbocycles. The maximum absolute atomic E-state index is 11.6. The fourth-order valence-corrected chi connectivity index (χ4v) is 1.14. The Morgan fingerprint density at radius 1 is 1.47 bits per heavy atom. The number of esters is 1. The molecule has 0 fully saturated rings. The molecule has 0 bridgehead atoms. The topological polar surface area (TPSA) is 88.5 Å². The van der Waals surface area contributed by atoms with Crippen molar-refractivity contribution in [2.24, 2.45) is 0 Å². The highest BCUT2D eigenvalue weighted by Crippen LogP contribution is 1.99. The van der Waals surface area contributed by atoms with Crippen molar-refractivity contribution in [2.75, 3.05) is 20.3 Å². The van der Waals surface area contributed by atoms with Crippen molar-refractivity contribution in [3.05, 3.63) is 29.6 Å². The number of carbonyl (C=O) groups is 2. The number of nitrogens with one attached hydrogen (secondary N) is 1. The molecule has 0 spiro atoms. The minimum Gasteiger partial charge on any atom is -0.468 e. The molecule has 6 heteroatoms. The van der Waals surface area contributed by atoms with E-state index in [9.17, 15) is 9.59 Å². The van der Waals surface area contributed by atoms with Crippen molar-refractivity contribution in [1.82, 2.24) is 10.3 Å². The summed E-state index contributed by atoms with van der Waals surface area (Å²) in [5.41, 5.74) is 0.842. The van der Waals surface area contributed by atoms with E-state index >= 15 is 0 Å². The fraction of sp³-hybridized carbons (Fsp3) is 0.308. The van der Waals surface area contributed by atoms with Gasteiger partial charge in [-0.25, -0.2) is 4.98 Å². The minimum absolute atomic E-state index is 0.00838. The van der Waals surface area contributed by atoms with Crippen LogP contribution in [-0.4, -0.2) is 42.2 Å². The Hall–Kier alpha value is -2.39. The zero-order valence-corrected chi connectivity index (χ0v) is 10.5. The molecule has 0 aliphatic heterocycles. The number of nitrogens with zero attached hydrogens (tertiary/aromatic N) is 1. The predicted octanol–water partition coefficient (Wildman–Crippen LogP) is -0.282. The van der Waals surface area contributed by atoms with E-state index < -0.39 is 11.9 Å². The number of carbonyl (C=O) groups excluding carboxylic acids is 2. The van der Waals surface area contributed by atoms with Gasteiger partial charge in [0.2, 0.25) is 0 Å². The summed E-state index contributed by atoms with van der Waals surface area (Å²) in [5, 5.41) is 11.0. The van der Waals surface area contributed by atoms with Crippen LogP contribution < -0.4 is 5.32 Å². The number of aromatic nitrogens is 1. The van der Waals surface area contributed by atoms with Crippen molar-refractivity contribution < 1.29 is 19.4 Å². The summed E-state index contributed by atoms with van der Waals surface area (Å²) in [4.78, 5) is 26.4. The summed E-state index contributed by atoms with van der Waals surface area (Å²) in [6.07, 6.45) is 1.85. The Morgan fingerprint density at radius 2 is 2.26 bits per heavy atom. The number of rotatable bonds is 4. The lowest BCUT2D eigenvalue weighted by Crippen LogP contribution is -2.30. The van der Waals surface area contributed by atoms with Gasteiger partial charge < -0.3 is 15.2 Å². The molecule has 2 N–H and O–H groups in total. The summed E-state index contributed by atoms with van der Waals surface area (Å²) in [7, 11) is 1.24. The first kappa shape index (κ1) is 14.7. The van der Waals surface area contributed by atoms with Crippen LogP contribution in [0.5, 0.6) is 0 Å². The van der Waals surface area contributed by atoms with Gasteiger partial charge in [-0.2, -0.15) is 0 Å². The molecule has 19 heavy (non-hydrogen) atoms. The minimum atomic E-state index is -0.528. The average molecular weight is 262 g/mol. The van der Waals surface area contributed by atoms with Gasteiger partial charge in [-0.15, -0.1) is 0 Å². The first-order valence-corrected chi connectivity index (χ1v) is 5.58. The molecule has 1 rings (SSSR count). The Balaban J connectivity index is 2.59. The Morgan fingerprint density at radius 3 is 2.84 bits per heavy atom.